The van der Waals surface area contributed by atoms with Crippen LogP contribution in [-0.2, 0) is 9.59 Å². The van der Waals surface area contributed by atoms with Gasteiger partial charge in [0, 0.05) is 30.1 Å². The molecule has 2 aromatic carbocycles. The smallest absolute Gasteiger partial charge is 0.320 e. The topological polar surface area (TPSA) is 130 Å². The van der Waals surface area contributed by atoms with Gasteiger partial charge in [-0.05, 0) is 88.3 Å². The average Bonchev–Trinajstić information content (AvgIpc) is 3.75. The molecule has 1 aromatic heterocycles. The number of nitrogens with one attached hydrogen (secondary N) is 2. The second-order valence-corrected chi connectivity index (χ2v) is 10.3. The number of ether oxygens (including phenoxy) is 1. The van der Waals surface area contributed by atoms with Gasteiger partial charge in [0.15, 0.2) is 5.82 Å². The molecule has 0 radical (unpaired) electrons. The van der Waals surface area contributed by atoms with Crippen LogP contribution in [0, 0.1) is 17.0 Å². The van der Waals surface area contributed by atoms with Crippen molar-refractivity contribution >= 4 is 35.0 Å². The van der Waals surface area contributed by atoms with Gasteiger partial charge < -0.3 is 20.7 Å². The lowest BCUT2D eigenvalue weighted by atomic mass is 10.0. The van der Waals surface area contributed by atoms with Crippen molar-refractivity contribution < 1.29 is 27.9 Å². The Balaban J connectivity index is 1.31. The molecule has 1 saturated heterocycles. The SMILES string of the molecule is CN1CCC(NC(=O)Nc2cc(Oc3ccc(N(C(=O)C4(C(N)=O)CC4)c4ccc(F)cc4)c(F)c3)ccn2)CC1. The van der Waals surface area contributed by atoms with Crippen molar-refractivity contribution in [3.63, 3.8) is 0 Å². The number of hydrogen-bond donors (Lipinski definition) is 3. The number of urea groups is 1. The molecule has 5 rings (SSSR count). The van der Waals surface area contributed by atoms with E-state index in [1.165, 1.54) is 36.5 Å². The zero-order valence-electron chi connectivity index (χ0n) is 22.4. The summed E-state index contributed by atoms with van der Waals surface area (Å²) in [7, 11) is 2.04. The molecule has 3 aromatic rings. The van der Waals surface area contributed by atoms with Gasteiger partial charge in [-0.15, -0.1) is 0 Å². The van der Waals surface area contributed by atoms with Gasteiger partial charge in [-0.2, -0.15) is 0 Å². The van der Waals surface area contributed by atoms with E-state index in [4.69, 9.17) is 10.5 Å². The van der Waals surface area contributed by atoms with E-state index in [0.29, 0.717) is 5.75 Å². The largest absolute Gasteiger partial charge is 0.457 e. The Bertz CT molecular complexity index is 1460. The minimum atomic E-state index is -1.43. The number of likely N-dealkylation sites (tertiary alicyclic amines) is 1. The van der Waals surface area contributed by atoms with Crippen LogP contribution in [-0.4, -0.2) is 53.9 Å². The first-order valence-corrected chi connectivity index (χ1v) is 13.2. The summed E-state index contributed by atoms with van der Waals surface area (Å²) in [4.78, 5) is 45.3. The van der Waals surface area contributed by atoms with E-state index in [1.807, 2.05) is 7.05 Å². The number of primary amides is 1. The number of aromatic nitrogens is 1. The van der Waals surface area contributed by atoms with Crippen molar-refractivity contribution in [2.45, 2.75) is 31.7 Å². The van der Waals surface area contributed by atoms with Gasteiger partial charge in [-0.1, -0.05) is 0 Å². The molecular formula is C29H30F2N6O4. The number of benzene rings is 2. The fourth-order valence-corrected chi connectivity index (χ4v) is 4.76. The van der Waals surface area contributed by atoms with Gasteiger partial charge in [-0.3, -0.25) is 19.8 Å². The molecule has 2 aliphatic rings. The number of carbonyl (C=O) groups is 3. The Labute approximate surface area is 235 Å². The highest BCUT2D eigenvalue weighted by atomic mass is 19.1. The first-order valence-electron chi connectivity index (χ1n) is 13.2. The summed E-state index contributed by atoms with van der Waals surface area (Å²) in [6.45, 7) is 1.81. The van der Waals surface area contributed by atoms with Crippen LogP contribution >= 0.6 is 0 Å². The maximum Gasteiger partial charge on any atom is 0.320 e. The van der Waals surface area contributed by atoms with E-state index < -0.39 is 28.9 Å². The molecule has 0 atom stereocenters. The van der Waals surface area contributed by atoms with Gasteiger partial charge in [-0.25, -0.2) is 18.6 Å². The molecule has 41 heavy (non-hydrogen) atoms. The summed E-state index contributed by atoms with van der Waals surface area (Å²) in [5, 5.41) is 5.63. The summed E-state index contributed by atoms with van der Waals surface area (Å²) in [6, 6.07) is 11.5. The molecule has 2 heterocycles. The molecule has 0 unspecified atom stereocenters. The number of nitrogens with two attached hydrogens (primary N) is 1. The van der Waals surface area contributed by atoms with E-state index in [9.17, 15) is 18.8 Å². The number of halogens is 2. The normalized spacial score (nSPS) is 16.5. The number of amides is 4. The molecular weight excluding hydrogens is 534 g/mol. The lowest BCUT2D eigenvalue weighted by Crippen LogP contribution is -2.44. The predicted octanol–water partition coefficient (Wildman–Crippen LogP) is 4.30. The fourth-order valence-electron chi connectivity index (χ4n) is 4.76. The van der Waals surface area contributed by atoms with Crippen molar-refractivity contribution in [1.82, 2.24) is 15.2 Å². The molecule has 2 fully saturated rings. The highest BCUT2D eigenvalue weighted by Gasteiger charge is 2.57. The van der Waals surface area contributed by atoms with Gasteiger partial charge in [0.2, 0.25) is 11.8 Å². The molecule has 12 heteroatoms. The van der Waals surface area contributed by atoms with Gasteiger partial charge >= 0.3 is 6.03 Å². The van der Waals surface area contributed by atoms with Crippen LogP contribution in [0.5, 0.6) is 11.5 Å². The quantitative estimate of drug-likeness (QED) is 0.350. The van der Waals surface area contributed by atoms with Crippen molar-refractivity contribution in [3.8, 4) is 11.5 Å². The summed E-state index contributed by atoms with van der Waals surface area (Å²) >= 11 is 0. The Morgan fingerprint density at radius 1 is 1.02 bits per heavy atom. The van der Waals surface area contributed by atoms with Crippen molar-refractivity contribution in [1.29, 1.82) is 0 Å². The van der Waals surface area contributed by atoms with Crippen LogP contribution in [0.15, 0.2) is 60.8 Å². The summed E-state index contributed by atoms with van der Waals surface area (Å²) in [5.41, 5.74) is 4.09. The summed E-state index contributed by atoms with van der Waals surface area (Å²) in [6.07, 6.45) is 3.65. The van der Waals surface area contributed by atoms with E-state index >= 15 is 4.39 Å². The van der Waals surface area contributed by atoms with E-state index in [-0.39, 0.29) is 47.9 Å². The number of anilines is 3. The van der Waals surface area contributed by atoms with Crippen LogP contribution in [0.3, 0.4) is 0 Å². The highest BCUT2D eigenvalue weighted by Crippen LogP contribution is 2.49. The van der Waals surface area contributed by atoms with Crippen LogP contribution < -0.4 is 26.0 Å². The van der Waals surface area contributed by atoms with E-state index in [1.54, 1.807) is 6.07 Å². The minimum Gasteiger partial charge on any atom is -0.457 e. The van der Waals surface area contributed by atoms with Crippen LogP contribution in [0.4, 0.5) is 30.8 Å². The van der Waals surface area contributed by atoms with Gasteiger partial charge in [0.1, 0.15) is 28.5 Å². The zero-order chi connectivity index (χ0) is 29.1. The first-order chi connectivity index (χ1) is 19.6. The monoisotopic (exact) mass is 564 g/mol. The third-order valence-corrected chi connectivity index (χ3v) is 7.34. The Kier molecular flexibility index (Phi) is 7.84. The number of pyridine rings is 1. The Hall–Kier alpha value is -4.58. The Morgan fingerprint density at radius 3 is 2.34 bits per heavy atom. The molecule has 0 bridgehead atoms. The molecule has 1 aliphatic carbocycles. The third kappa shape index (κ3) is 6.27. The van der Waals surface area contributed by atoms with Crippen LogP contribution in [0.1, 0.15) is 25.7 Å². The number of carbonyl (C=O) groups excluding carboxylic acids is 3. The second kappa shape index (κ2) is 11.5. The maximum atomic E-state index is 15.5. The van der Waals surface area contributed by atoms with Crippen LogP contribution in [0.25, 0.3) is 0 Å². The van der Waals surface area contributed by atoms with E-state index in [2.05, 4.69) is 20.5 Å². The lowest BCUT2D eigenvalue weighted by molar-refractivity contribution is -0.133. The molecule has 0 spiro atoms. The molecule has 1 aliphatic heterocycles. The average molecular weight is 565 g/mol. The summed E-state index contributed by atoms with van der Waals surface area (Å²) < 4.78 is 34.9. The standard InChI is InChI=1S/C29H30F2N6O4/c1-36-14-9-19(10-15-36)34-28(40)35-25-17-22(8-13-33-25)41-21-6-7-24(23(31)16-21)37(20-4-2-18(30)3-5-20)27(39)29(11-12-29)26(32)38/h2-8,13,16-17,19H,9-12,14-15H2,1H3,(H2,32,38)(H2,33,34,35,40). The summed E-state index contributed by atoms with van der Waals surface area (Å²) in [5.74, 6) is -2.18. The molecule has 10 nitrogen and oxygen atoms in total. The van der Waals surface area contributed by atoms with E-state index in [0.717, 1.165) is 49.0 Å². The lowest BCUT2D eigenvalue weighted by Gasteiger charge is -2.29. The second-order valence-electron chi connectivity index (χ2n) is 10.3. The zero-order valence-corrected chi connectivity index (χ0v) is 22.4. The number of piperidine rings is 1. The Morgan fingerprint density at radius 2 is 1.71 bits per heavy atom. The van der Waals surface area contributed by atoms with Gasteiger partial charge in [0.25, 0.3) is 0 Å². The minimum absolute atomic E-state index is 0.0752. The first kappa shape index (κ1) is 28.0. The fraction of sp³-hybridized carbons (Fsp3) is 0.310. The van der Waals surface area contributed by atoms with Crippen molar-refractivity contribution in [2.75, 3.05) is 30.4 Å². The number of nitrogens with zero attached hydrogens (tertiary/aromatic N) is 3. The number of rotatable bonds is 8. The van der Waals surface area contributed by atoms with Crippen LogP contribution in [0.2, 0.25) is 0 Å². The molecule has 4 amide bonds. The van der Waals surface area contributed by atoms with Gasteiger partial charge in [0.05, 0.1) is 5.69 Å². The highest BCUT2D eigenvalue weighted by molar-refractivity contribution is 6.16. The molecule has 4 N–H and O–H groups in total. The van der Waals surface area contributed by atoms with Crippen molar-refractivity contribution in [2.24, 2.45) is 11.1 Å². The predicted molar refractivity (Wildman–Crippen MR) is 148 cm³/mol. The number of hydrogen-bond acceptors (Lipinski definition) is 6. The molecule has 214 valence electrons. The van der Waals surface area contributed by atoms with Crippen molar-refractivity contribution in [3.05, 3.63) is 72.4 Å². The third-order valence-electron chi connectivity index (χ3n) is 7.34. The molecule has 1 saturated carbocycles. The maximum absolute atomic E-state index is 15.5.